The van der Waals surface area contributed by atoms with Crippen molar-refractivity contribution in [3.05, 3.63) is 12.7 Å². The van der Waals surface area contributed by atoms with Gasteiger partial charge in [-0.1, -0.05) is 6.08 Å². The number of rotatable bonds is 4. The van der Waals surface area contributed by atoms with E-state index in [2.05, 4.69) is 11.9 Å². The predicted molar refractivity (Wildman–Crippen MR) is 42.0 cm³/mol. The number of nitrogens with one attached hydrogen (secondary N) is 1. The van der Waals surface area contributed by atoms with E-state index >= 15 is 0 Å². The molecule has 1 aliphatic heterocycles. The van der Waals surface area contributed by atoms with Gasteiger partial charge in [0.15, 0.2) is 0 Å². The summed E-state index contributed by atoms with van der Waals surface area (Å²) >= 11 is 0. The first kappa shape index (κ1) is 7.76. The Hall–Kier alpha value is -0.340. The van der Waals surface area contributed by atoms with Gasteiger partial charge < -0.3 is 10.1 Å². The SMILES string of the molecule is C=CCOC[C@@H]1CCCN1. The van der Waals surface area contributed by atoms with Crippen LogP contribution >= 0.6 is 0 Å². The van der Waals surface area contributed by atoms with Crippen molar-refractivity contribution in [2.45, 2.75) is 18.9 Å². The lowest BCUT2D eigenvalue weighted by atomic mass is 10.2. The van der Waals surface area contributed by atoms with Crippen molar-refractivity contribution in [1.29, 1.82) is 0 Å². The highest BCUT2D eigenvalue weighted by Gasteiger charge is 2.12. The molecule has 2 nitrogen and oxygen atoms in total. The van der Waals surface area contributed by atoms with Crippen LogP contribution in [0.2, 0.25) is 0 Å². The van der Waals surface area contributed by atoms with Crippen molar-refractivity contribution in [2.24, 2.45) is 0 Å². The smallest absolute Gasteiger partial charge is 0.0645 e. The Bertz CT molecular complexity index is 97.4. The van der Waals surface area contributed by atoms with Gasteiger partial charge in [0.1, 0.15) is 0 Å². The minimum Gasteiger partial charge on any atom is -0.376 e. The van der Waals surface area contributed by atoms with Crippen LogP contribution in [0, 0.1) is 0 Å². The molecule has 1 rings (SSSR count). The van der Waals surface area contributed by atoms with Crippen LogP contribution in [-0.4, -0.2) is 25.8 Å². The van der Waals surface area contributed by atoms with Crippen LogP contribution in [0.5, 0.6) is 0 Å². The standard InChI is InChI=1S/C8H15NO/c1-2-6-10-7-8-4-3-5-9-8/h2,8-9H,1,3-7H2/t8-/m0/s1. The molecule has 1 atom stereocenters. The zero-order valence-corrected chi connectivity index (χ0v) is 6.31. The molecule has 0 amide bonds. The van der Waals surface area contributed by atoms with Gasteiger partial charge in [-0.3, -0.25) is 0 Å². The van der Waals surface area contributed by atoms with Crippen molar-refractivity contribution in [3.63, 3.8) is 0 Å². The first-order valence-electron chi connectivity index (χ1n) is 3.85. The first-order valence-corrected chi connectivity index (χ1v) is 3.85. The Morgan fingerprint density at radius 3 is 3.20 bits per heavy atom. The zero-order chi connectivity index (χ0) is 7.23. The van der Waals surface area contributed by atoms with Gasteiger partial charge in [-0.15, -0.1) is 6.58 Å². The summed E-state index contributed by atoms with van der Waals surface area (Å²) in [6.07, 6.45) is 4.34. The van der Waals surface area contributed by atoms with Crippen molar-refractivity contribution in [2.75, 3.05) is 19.8 Å². The monoisotopic (exact) mass is 141 g/mol. The number of ether oxygens (including phenoxy) is 1. The molecule has 10 heavy (non-hydrogen) atoms. The molecule has 58 valence electrons. The van der Waals surface area contributed by atoms with Crippen molar-refractivity contribution < 1.29 is 4.74 Å². The first-order chi connectivity index (χ1) is 4.93. The molecule has 0 saturated carbocycles. The molecule has 0 unspecified atom stereocenters. The molecule has 1 N–H and O–H groups in total. The van der Waals surface area contributed by atoms with Crippen molar-refractivity contribution in [1.82, 2.24) is 5.32 Å². The molecular formula is C8H15NO. The molecule has 1 heterocycles. The summed E-state index contributed by atoms with van der Waals surface area (Å²) in [7, 11) is 0. The molecule has 0 aromatic heterocycles. The Morgan fingerprint density at radius 2 is 2.60 bits per heavy atom. The molecule has 2 heteroatoms. The molecular weight excluding hydrogens is 126 g/mol. The van der Waals surface area contributed by atoms with Crippen LogP contribution in [0.1, 0.15) is 12.8 Å². The summed E-state index contributed by atoms with van der Waals surface area (Å²) < 4.78 is 5.29. The fourth-order valence-electron chi connectivity index (χ4n) is 1.19. The van der Waals surface area contributed by atoms with E-state index in [0.717, 1.165) is 13.2 Å². The maximum Gasteiger partial charge on any atom is 0.0645 e. The summed E-state index contributed by atoms with van der Waals surface area (Å²) in [6.45, 7) is 6.25. The molecule has 1 saturated heterocycles. The fraction of sp³-hybridized carbons (Fsp3) is 0.750. The van der Waals surface area contributed by atoms with Crippen LogP contribution < -0.4 is 5.32 Å². The highest BCUT2D eigenvalue weighted by molar-refractivity contribution is 4.74. The average molecular weight is 141 g/mol. The average Bonchev–Trinajstić information content (AvgIpc) is 2.41. The second-order valence-electron chi connectivity index (χ2n) is 2.62. The molecule has 1 fully saturated rings. The third-order valence-electron chi connectivity index (χ3n) is 1.72. The van der Waals surface area contributed by atoms with Crippen molar-refractivity contribution >= 4 is 0 Å². The van der Waals surface area contributed by atoms with Crippen LogP contribution in [0.3, 0.4) is 0 Å². The second-order valence-corrected chi connectivity index (χ2v) is 2.62. The second kappa shape index (κ2) is 4.47. The number of hydrogen-bond donors (Lipinski definition) is 1. The molecule has 0 aromatic rings. The summed E-state index contributed by atoms with van der Waals surface area (Å²) in [5, 5.41) is 3.36. The Labute approximate surface area is 62.3 Å². The lowest BCUT2D eigenvalue weighted by molar-refractivity contribution is 0.141. The zero-order valence-electron chi connectivity index (χ0n) is 6.31. The molecule has 0 aliphatic carbocycles. The van der Waals surface area contributed by atoms with E-state index in [1.807, 2.05) is 0 Å². The summed E-state index contributed by atoms with van der Waals surface area (Å²) in [6, 6.07) is 0.597. The van der Waals surface area contributed by atoms with E-state index < -0.39 is 0 Å². The normalized spacial score (nSPS) is 25.0. The van der Waals surface area contributed by atoms with E-state index in [1.54, 1.807) is 6.08 Å². The Morgan fingerprint density at radius 1 is 1.70 bits per heavy atom. The van der Waals surface area contributed by atoms with Gasteiger partial charge in [0, 0.05) is 6.04 Å². The lowest BCUT2D eigenvalue weighted by Crippen LogP contribution is -2.26. The van der Waals surface area contributed by atoms with E-state index in [-0.39, 0.29) is 0 Å². The van der Waals surface area contributed by atoms with Gasteiger partial charge in [-0.2, -0.15) is 0 Å². The molecule has 0 radical (unpaired) electrons. The third kappa shape index (κ3) is 2.50. The van der Waals surface area contributed by atoms with Gasteiger partial charge >= 0.3 is 0 Å². The predicted octanol–water partition coefficient (Wildman–Crippen LogP) is 0.941. The van der Waals surface area contributed by atoms with Gasteiger partial charge in [0.05, 0.1) is 13.2 Å². The van der Waals surface area contributed by atoms with Gasteiger partial charge in [0.2, 0.25) is 0 Å². The van der Waals surface area contributed by atoms with Crippen LogP contribution in [0.15, 0.2) is 12.7 Å². The topological polar surface area (TPSA) is 21.3 Å². The Kier molecular flexibility index (Phi) is 3.47. The van der Waals surface area contributed by atoms with Crippen molar-refractivity contribution in [3.8, 4) is 0 Å². The number of hydrogen-bond acceptors (Lipinski definition) is 2. The maximum atomic E-state index is 5.29. The van der Waals surface area contributed by atoms with Crippen LogP contribution in [0.4, 0.5) is 0 Å². The van der Waals surface area contributed by atoms with E-state index in [1.165, 1.54) is 12.8 Å². The highest BCUT2D eigenvalue weighted by atomic mass is 16.5. The molecule has 0 aromatic carbocycles. The highest BCUT2D eigenvalue weighted by Crippen LogP contribution is 2.04. The van der Waals surface area contributed by atoms with E-state index in [9.17, 15) is 0 Å². The lowest BCUT2D eigenvalue weighted by Gasteiger charge is -2.08. The summed E-state index contributed by atoms with van der Waals surface area (Å²) in [5.41, 5.74) is 0. The van der Waals surface area contributed by atoms with Gasteiger partial charge in [-0.25, -0.2) is 0 Å². The summed E-state index contributed by atoms with van der Waals surface area (Å²) in [5.74, 6) is 0. The largest absolute Gasteiger partial charge is 0.376 e. The fourth-order valence-corrected chi connectivity index (χ4v) is 1.19. The quantitative estimate of drug-likeness (QED) is 0.464. The molecule has 1 aliphatic rings. The third-order valence-corrected chi connectivity index (χ3v) is 1.72. The minimum atomic E-state index is 0.597. The van der Waals surface area contributed by atoms with E-state index in [0.29, 0.717) is 12.6 Å². The Balaban J connectivity index is 1.96. The summed E-state index contributed by atoms with van der Waals surface area (Å²) in [4.78, 5) is 0. The van der Waals surface area contributed by atoms with Gasteiger partial charge in [-0.05, 0) is 19.4 Å². The van der Waals surface area contributed by atoms with Gasteiger partial charge in [0.25, 0.3) is 0 Å². The minimum absolute atomic E-state index is 0.597. The van der Waals surface area contributed by atoms with Crippen LogP contribution in [-0.2, 0) is 4.74 Å². The maximum absolute atomic E-state index is 5.29. The molecule has 0 bridgehead atoms. The molecule has 0 spiro atoms. The van der Waals surface area contributed by atoms with Crippen LogP contribution in [0.25, 0.3) is 0 Å². The van der Waals surface area contributed by atoms with E-state index in [4.69, 9.17) is 4.74 Å².